The van der Waals surface area contributed by atoms with E-state index in [4.69, 9.17) is 21.7 Å². The van der Waals surface area contributed by atoms with Gasteiger partial charge in [-0.1, -0.05) is 0 Å². The fraction of sp³-hybridized carbons (Fsp3) is 0.750. The molecule has 0 radical (unpaired) electrons. The van der Waals surface area contributed by atoms with Gasteiger partial charge in [0.25, 0.3) is 0 Å². The normalized spacial score (nSPS) is 19.0. The molecule has 0 fully saturated rings. The van der Waals surface area contributed by atoms with E-state index in [0.717, 1.165) is 0 Å². The molecule has 0 aliphatic heterocycles. The summed E-state index contributed by atoms with van der Waals surface area (Å²) in [5.74, 6) is -2.55. The van der Waals surface area contributed by atoms with Crippen molar-refractivity contribution in [2.45, 2.75) is 24.9 Å². The minimum atomic E-state index is -1.63. The van der Waals surface area contributed by atoms with Crippen LogP contribution in [0.5, 0.6) is 0 Å². The van der Waals surface area contributed by atoms with Crippen LogP contribution in [0.4, 0.5) is 0 Å². The number of carboxylic acids is 2. The third kappa shape index (κ3) is 2.97. The van der Waals surface area contributed by atoms with Gasteiger partial charge in [0, 0.05) is 13.1 Å². The number of carbonyl (C=O) groups is 2. The van der Waals surface area contributed by atoms with E-state index < -0.39 is 23.0 Å². The van der Waals surface area contributed by atoms with Crippen molar-refractivity contribution in [3.8, 4) is 0 Å². The van der Waals surface area contributed by atoms with Crippen molar-refractivity contribution in [1.82, 2.24) is 0 Å². The summed E-state index contributed by atoms with van der Waals surface area (Å²) in [6.45, 7) is 1.92. The molecule has 0 aliphatic rings. The number of nitrogens with zero attached hydrogens (tertiary/aromatic N) is 2. The summed E-state index contributed by atoms with van der Waals surface area (Å²) in [6, 6.07) is 0. The number of nitrogens with two attached hydrogens (primary N) is 2. The molecule has 0 aliphatic carbocycles. The number of aliphatic carboxylic acids is 2. The number of rotatable bonds is 6. The smallest absolute Gasteiger partial charge is 0.334 e. The molecule has 6 N–H and O–H groups in total. The number of hydrogen-bond acceptors (Lipinski definition) is 6. The predicted octanol–water partition coefficient (Wildman–Crippen LogP) is -0.957. The summed E-state index contributed by atoms with van der Waals surface area (Å²) >= 11 is 0. The summed E-state index contributed by atoms with van der Waals surface area (Å²) < 4.78 is 0. The van der Waals surface area contributed by atoms with Gasteiger partial charge in [0.2, 0.25) is 0 Å². The zero-order valence-corrected chi connectivity index (χ0v) is 9.17. The van der Waals surface area contributed by atoms with Gasteiger partial charge in [-0.2, -0.15) is 10.2 Å². The Morgan fingerprint density at radius 3 is 1.38 bits per heavy atom. The highest BCUT2D eigenvalue weighted by atomic mass is 16.4. The summed E-state index contributed by atoms with van der Waals surface area (Å²) in [7, 11) is 0. The van der Waals surface area contributed by atoms with Gasteiger partial charge in [-0.25, -0.2) is 9.59 Å². The molecule has 8 heteroatoms. The lowest BCUT2D eigenvalue weighted by molar-refractivity contribution is -0.144. The fourth-order valence-corrected chi connectivity index (χ4v) is 0.563. The second-order valence-corrected chi connectivity index (χ2v) is 3.77. The van der Waals surface area contributed by atoms with E-state index in [0.29, 0.717) is 0 Å². The standard InChI is InChI=1S/C8H16N4O4/c1-7(3-9,5(13)14)11-12-8(2,4-10)6(15)16/h3-4,9-10H2,1-2H3,(H,13,14)(H,15,16). The van der Waals surface area contributed by atoms with Crippen molar-refractivity contribution in [2.75, 3.05) is 13.1 Å². The Bertz CT molecular complexity index is 289. The SMILES string of the molecule is CC(CN)(N=NC(C)(CN)C(=O)O)C(=O)O. The second kappa shape index (κ2) is 4.99. The molecule has 0 amide bonds. The molecule has 0 heterocycles. The summed E-state index contributed by atoms with van der Waals surface area (Å²) in [5, 5.41) is 24.6. The van der Waals surface area contributed by atoms with Crippen LogP contribution < -0.4 is 11.5 Å². The summed E-state index contributed by atoms with van der Waals surface area (Å²) in [4.78, 5) is 21.6. The molecule has 0 aromatic heterocycles. The first-order valence-electron chi connectivity index (χ1n) is 4.53. The largest absolute Gasteiger partial charge is 0.479 e. The average Bonchev–Trinajstić information content (AvgIpc) is 2.24. The van der Waals surface area contributed by atoms with Crippen molar-refractivity contribution in [3.05, 3.63) is 0 Å². The maximum Gasteiger partial charge on any atom is 0.334 e. The highest BCUT2D eigenvalue weighted by molar-refractivity contribution is 5.80. The molecule has 0 aromatic rings. The zero-order valence-electron chi connectivity index (χ0n) is 9.17. The molecule has 16 heavy (non-hydrogen) atoms. The van der Waals surface area contributed by atoms with Crippen molar-refractivity contribution in [3.63, 3.8) is 0 Å². The predicted molar refractivity (Wildman–Crippen MR) is 55.0 cm³/mol. The number of azo groups is 1. The van der Waals surface area contributed by atoms with Gasteiger partial charge in [-0.3, -0.25) is 0 Å². The second-order valence-electron chi connectivity index (χ2n) is 3.77. The van der Waals surface area contributed by atoms with Crippen LogP contribution in [-0.2, 0) is 9.59 Å². The lowest BCUT2D eigenvalue weighted by Gasteiger charge is -2.20. The van der Waals surface area contributed by atoms with Crippen LogP contribution in [0.1, 0.15) is 13.8 Å². The molecule has 0 saturated carbocycles. The third-order valence-corrected chi connectivity index (χ3v) is 2.21. The number of carboxylic acid groups (broad SMARTS) is 2. The van der Waals surface area contributed by atoms with Crippen molar-refractivity contribution in [2.24, 2.45) is 21.7 Å². The van der Waals surface area contributed by atoms with Gasteiger partial charge in [0.1, 0.15) is 0 Å². The Balaban J connectivity index is 5.07. The fourth-order valence-electron chi connectivity index (χ4n) is 0.563. The minimum absolute atomic E-state index is 0.286. The summed E-state index contributed by atoms with van der Waals surface area (Å²) in [6.07, 6.45) is 0. The first kappa shape index (κ1) is 14.5. The van der Waals surface area contributed by atoms with E-state index in [1.54, 1.807) is 0 Å². The zero-order chi connectivity index (χ0) is 13.0. The topological polar surface area (TPSA) is 151 Å². The van der Waals surface area contributed by atoms with Gasteiger partial charge in [0.05, 0.1) is 0 Å². The number of hydrogen-bond donors (Lipinski definition) is 4. The Labute approximate surface area is 92.3 Å². The maximum absolute atomic E-state index is 10.8. The highest BCUT2D eigenvalue weighted by Crippen LogP contribution is 2.15. The quantitative estimate of drug-likeness (QED) is 0.433. The Hall–Kier alpha value is -1.54. The molecule has 0 saturated heterocycles. The highest BCUT2D eigenvalue weighted by Gasteiger charge is 2.36. The van der Waals surface area contributed by atoms with Crippen LogP contribution in [0.2, 0.25) is 0 Å². The van der Waals surface area contributed by atoms with E-state index in [1.165, 1.54) is 13.8 Å². The lowest BCUT2D eigenvalue weighted by Crippen LogP contribution is -2.44. The van der Waals surface area contributed by atoms with Crippen LogP contribution in [0.15, 0.2) is 10.2 Å². The minimum Gasteiger partial charge on any atom is -0.479 e. The van der Waals surface area contributed by atoms with E-state index >= 15 is 0 Å². The Morgan fingerprint density at radius 2 is 1.25 bits per heavy atom. The molecule has 92 valence electrons. The van der Waals surface area contributed by atoms with Crippen molar-refractivity contribution >= 4 is 11.9 Å². The monoisotopic (exact) mass is 232 g/mol. The molecule has 0 bridgehead atoms. The summed E-state index contributed by atoms with van der Waals surface area (Å²) in [5.41, 5.74) is 7.22. The van der Waals surface area contributed by atoms with Crippen molar-refractivity contribution in [1.29, 1.82) is 0 Å². The van der Waals surface area contributed by atoms with Crippen LogP contribution in [0.25, 0.3) is 0 Å². The van der Waals surface area contributed by atoms with Crippen LogP contribution in [0, 0.1) is 0 Å². The lowest BCUT2D eigenvalue weighted by atomic mass is 10.0. The van der Waals surface area contributed by atoms with Gasteiger partial charge in [-0.15, -0.1) is 0 Å². The van der Waals surface area contributed by atoms with E-state index in [-0.39, 0.29) is 13.1 Å². The van der Waals surface area contributed by atoms with Crippen molar-refractivity contribution < 1.29 is 19.8 Å². The molecule has 0 spiro atoms. The maximum atomic E-state index is 10.8. The molecule has 8 nitrogen and oxygen atoms in total. The Morgan fingerprint density at radius 1 is 1.00 bits per heavy atom. The van der Waals surface area contributed by atoms with E-state index in [9.17, 15) is 9.59 Å². The molecule has 2 unspecified atom stereocenters. The van der Waals surface area contributed by atoms with Crippen LogP contribution in [-0.4, -0.2) is 46.3 Å². The van der Waals surface area contributed by atoms with Gasteiger partial charge in [-0.05, 0) is 13.8 Å². The van der Waals surface area contributed by atoms with Crippen LogP contribution in [0.3, 0.4) is 0 Å². The molecular weight excluding hydrogens is 216 g/mol. The van der Waals surface area contributed by atoms with E-state index in [2.05, 4.69) is 10.2 Å². The Kier molecular flexibility index (Phi) is 4.51. The van der Waals surface area contributed by atoms with Gasteiger partial charge in [0.15, 0.2) is 11.1 Å². The first-order valence-corrected chi connectivity index (χ1v) is 4.53. The average molecular weight is 232 g/mol. The first-order chi connectivity index (χ1) is 7.22. The molecule has 0 aromatic carbocycles. The van der Waals surface area contributed by atoms with E-state index in [1.807, 2.05) is 0 Å². The van der Waals surface area contributed by atoms with Gasteiger partial charge >= 0.3 is 11.9 Å². The molecular formula is C8H16N4O4. The van der Waals surface area contributed by atoms with Crippen LogP contribution >= 0.6 is 0 Å². The van der Waals surface area contributed by atoms with Gasteiger partial charge < -0.3 is 21.7 Å². The third-order valence-electron chi connectivity index (χ3n) is 2.21. The molecule has 0 rings (SSSR count). The molecule has 2 atom stereocenters.